The molecule has 0 heterocycles. The Kier molecular flexibility index (Phi) is 6.29. The maximum absolute atomic E-state index is 11.5. The molecule has 0 aliphatic heterocycles. The van der Waals surface area contributed by atoms with E-state index in [9.17, 15) is 9.59 Å². The van der Waals surface area contributed by atoms with E-state index in [-0.39, 0.29) is 6.42 Å². The Labute approximate surface area is 118 Å². The lowest BCUT2D eigenvalue weighted by molar-refractivity contribution is -0.158. The van der Waals surface area contributed by atoms with Crippen LogP contribution in [-0.4, -0.2) is 33.3 Å². The van der Waals surface area contributed by atoms with E-state index in [4.69, 9.17) is 4.74 Å². The summed E-state index contributed by atoms with van der Waals surface area (Å²) in [5.41, 5.74) is 0.944. The molecule has 0 unspecified atom stereocenters. The third-order valence-electron chi connectivity index (χ3n) is 2.77. The number of allylic oxidation sites excluding steroid dienone is 1. The van der Waals surface area contributed by atoms with Gasteiger partial charge in [0.05, 0.1) is 21.3 Å². The van der Waals surface area contributed by atoms with E-state index < -0.39 is 17.9 Å². The summed E-state index contributed by atoms with van der Waals surface area (Å²) in [5.74, 6) is -1.36. The normalized spacial score (nSPS) is 10.6. The number of esters is 2. The van der Waals surface area contributed by atoms with Crippen LogP contribution in [-0.2, 0) is 19.1 Å². The molecule has 0 aromatic heterocycles. The van der Waals surface area contributed by atoms with Crippen molar-refractivity contribution in [1.29, 1.82) is 0 Å². The van der Waals surface area contributed by atoms with Crippen molar-refractivity contribution in [2.24, 2.45) is 5.92 Å². The molecule has 5 heteroatoms. The van der Waals surface area contributed by atoms with Gasteiger partial charge in [0.1, 0.15) is 5.75 Å². The molecule has 0 aliphatic carbocycles. The predicted molar refractivity (Wildman–Crippen MR) is 74.2 cm³/mol. The average Bonchev–Trinajstić information content (AvgIpc) is 2.50. The van der Waals surface area contributed by atoms with Gasteiger partial charge in [-0.05, 0) is 24.1 Å². The maximum Gasteiger partial charge on any atom is 0.320 e. The molecular weight excluding hydrogens is 260 g/mol. The molecule has 0 N–H and O–H groups in total. The van der Waals surface area contributed by atoms with Crippen LogP contribution in [0.3, 0.4) is 0 Å². The topological polar surface area (TPSA) is 61.8 Å². The zero-order valence-corrected chi connectivity index (χ0v) is 11.8. The molecule has 0 amide bonds. The highest BCUT2D eigenvalue weighted by atomic mass is 16.5. The molecule has 0 radical (unpaired) electrons. The highest BCUT2D eigenvalue weighted by Gasteiger charge is 2.26. The van der Waals surface area contributed by atoms with Crippen LogP contribution in [0.1, 0.15) is 12.0 Å². The summed E-state index contributed by atoms with van der Waals surface area (Å²) in [4.78, 5) is 22.9. The van der Waals surface area contributed by atoms with E-state index in [2.05, 4.69) is 9.47 Å². The zero-order valence-electron chi connectivity index (χ0n) is 11.8. The van der Waals surface area contributed by atoms with E-state index in [1.54, 1.807) is 13.2 Å². The van der Waals surface area contributed by atoms with Crippen LogP contribution >= 0.6 is 0 Å². The summed E-state index contributed by atoms with van der Waals surface area (Å²) in [6.45, 7) is 0. The minimum Gasteiger partial charge on any atom is -0.497 e. The van der Waals surface area contributed by atoms with Crippen molar-refractivity contribution in [3.63, 3.8) is 0 Å². The maximum atomic E-state index is 11.5. The number of methoxy groups -OCH3 is 3. The minimum atomic E-state index is -0.931. The van der Waals surface area contributed by atoms with Crippen molar-refractivity contribution in [1.82, 2.24) is 0 Å². The van der Waals surface area contributed by atoms with Crippen molar-refractivity contribution >= 4 is 18.0 Å². The van der Waals surface area contributed by atoms with E-state index in [0.29, 0.717) is 0 Å². The fourth-order valence-electron chi connectivity index (χ4n) is 1.63. The Hall–Kier alpha value is -2.30. The second kappa shape index (κ2) is 7.99. The Morgan fingerprint density at radius 1 is 1.05 bits per heavy atom. The molecular formula is C15H18O5. The first-order valence-corrected chi connectivity index (χ1v) is 6.08. The summed E-state index contributed by atoms with van der Waals surface area (Å²) in [6.07, 6.45) is 3.78. The van der Waals surface area contributed by atoms with Gasteiger partial charge < -0.3 is 14.2 Å². The number of rotatable bonds is 6. The van der Waals surface area contributed by atoms with Gasteiger partial charge >= 0.3 is 11.9 Å². The number of ether oxygens (including phenoxy) is 3. The van der Waals surface area contributed by atoms with E-state index in [0.717, 1.165) is 11.3 Å². The fraction of sp³-hybridized carbons (Fsp3) is 0.333. The number of benzene rings is 1. The van der Waals surface area contributed by atoms with Crippen LogP contribution in [0.5, 0.6) is 5.75 Å². The number of carbonyl (C=O) groups excluding carboxylic acids is 2. The highest BCUT2D eigenvalue weighted by molar-refractivity contribution is 5.95. The van der Waals surface area contributed by atoms with Gasteiger partial charge in [-0.2, -0.15) is 0 Å². The first-order valence-electron chi connectivity index (χ1n) is 6.08. The molecule has 1 aromatic rings. The lowest BCUT2D eigenvalue weighted by Crippen LogP contribution is -2.25. The second-order valence-corrected chi connectivity index (χ2v) is 4.01. The van der Waals surface area contributed by atoms with Gasteiger partial charge in [0.2, 0.25) is 0 Å². The van der Waals surface area contributed by atoms with Gasteiger partial charge in [-0.1, -0.05) is 24.3 Å². The molecule has 5 nitrogen and oxygen atoms in total. The minimum absolute atomic E-state index is 0.228. The van der Waals surface area contributed by atoms with Crippen molar-refractivity contribution in [3.8, 4) is 5.75 Å². The molecule has 1 rings (SSSR count). The summed E-state index contributed by atoms with van der Waals surface area (Å²) in [5, 5.41) is 0. The molecule has 0 fully saturated rings. The Bertz CT molecular complexity index is 460. The van der Waals surface area contributed by atoms with Crippen LogP contribution in [0.4, 0.5) is 0 Å². The molecule has 0 aliphatic rings. The van der Waals surface area contributed by atoms with E-state index >= 15 is 0 Å². The average molecular weight is 278 g/mol. The zero-order chi connectivity index (χ0) is 15.0. The number of hydrogen-bond acceptors (Lipinski definition) is 5. The van der Waals surface area contributed by atoms with E-state index in [1.807, 2.05) is 30.3 Å². The summed E-state index contributed by atoms with van der Waals surface area (Å²) in [7, 11) is 4.08. The Morgan fingerprint density at radius 3 is 2.05 bits per heavy atom. The third-order valence-corrected chi connectivity index (χ3v) is 2.77. The first-order chi connectivity index (χ1) is 9.62. The molecule has 20 heavy (non-hydrogen) atoms. The lowest BCUT2D eigenvalue weighted by Gasteiger charge is -2.09. The summed E-state index contributed by atoms with van der Waals surface area (Å²) in [6, 6.07) is 7.41. The predicted octanol–water partition coefficient (Wildman–Crippen LogP) is 2.06. The van der Waals surface area contributed by atoms with Crippen LogP contribution in [0.2, 0.25) is 0 Å². The number of hydrogen-bond donors (Lipinski definition) is 0. The monoisotopic (exact) mass is 278 g/mol. The van der Waals surface area contributed by atoms with Crippen LogP contribution in [0, 0.1) is 5.92 Å². The summed E-state index contributed by atoms with van der Waals surface area (Å²) >= 11 is 0. The van der Waals surface area contributed by atoms with Gasteiger partial charge in [-0.25, -0.2) is 0 Å². The van der Waals surface area contributed by atoms with Crippen LogP contribution < -0.4 is 4.74 Å². The van der Waals surface area contributed by atoms with Crippen molar-refractivity contribution in [2.75, 3.05) is 21.3 Å². The molecule has 0 spiro atoms. The largest absolute Gasteiger partial charge is 0.497 e. The quantitative estimate of drug-likeness (QED) is 0.589. The SMILES string of the molecule is COC(=O)C(C/C=C\c1ccc(OC)cc1)C(=O)OC. The standard InChI is InChI=1S/C15H18O5/c1-18-12-9-7-11(8-10-12)5-4-6-13(14(16)19-2)15(17)20-3/h4-5,7-10,13H,6H2,1-3H3/b5-4-. The second-order valence-electron chi connectivity index (χ2n) is 4.01. The van der Waals surface area contributed by atoms with Crippen molar-refractivity contribution in [3.05, 3.63) is 35.9 Å². The summed E-state index contributed by atoms with van der Waals surface area (Å²) < 4.78 is 14.2. The number of carbonyl (C=O) groups is 2. The fourth-order valence-corrected chi connectivity index (χ4v) is 1.63. The van der Waals surface area contributed by atoms with E-state index in [1.165, 1.54) is 14.2 Å². The first kappa shape index (κ1) is 15.8. The van der Waals surface area contributed by atoms with Crippen molar-refractivity contribution in [2.45, 2.75) is 6.42 Å². The van der Waals surface area contributed by atoms with Crippen LogP contribution in [0.15, 0.2) is 30.3 Å². The van der Waals surface area contributed by atoms with Gasteiger partial charge in [0.15, 0.2) is 5.92 Å². The van der Waals surface area contributed by atoms with Gasteiger partial charge in [-0.15, -0.1) is 0 Å². The highest BCUT2D eigenvalue weighted by Crippen LogP contribution is 2.14. The molecule has 108 valence electrons. The Morgan fingerprint density at radius 2 is 1.60 bits per heavy atom. The molecule has 1 aromatic carbocycles. The van der Waals surface area contributed by atoms with Gasteiger partial charge in [0, 0.05) is 0 Å². The molecule has 0 saturated heterocycles. The third kappa shape index (κ3) is 4.42. The van der Waals surface area contributed by atoms with Gasteiger partial charge in [-0.3, -0.25) is 9.59 Å². The molecule has 0 atom stereocenters. The Balaban J connectivity index is 2.68. The van der Waals surface area contributed by atoms with Crippen molar-refractivity contribution < 1.29 is 23.8 Å². The van der Waals surface area contributed by atoms with Crippen LogP contribution in [0.25, 0.3) is 6.08 Å². The smallest absolute Gasteiger partial charge is 0.320 e. The molecule has 0 bridgehead atoms. The lowest BCUT2D eigenvalue weighted by atomic mass is 10.0. The molecule has 0 saturated carbocycles. The van der Waals surface area contributed by atoms with Gasteiger partial charge in [0.25, 0.3) is 0 Å².